The van der Waals surface area contributed by atoms with Crippen molar-refractivity contribution < 1.29 is 19.1 Å². The van der Waals surface area contributed by atoms with Gasteiger partial charge in [-0.25, -0.2) is 0 Å². The molecule has 0 aliphatic heterocycles. The molecular weight excluding hydrogens is 452 g/mol. The van der Waals surface area contributed by atoms with Crippen LogP contribution in [0.15, 0.2) is 54.6 Å². The van der Waals surface area contributed by atoms with Crippen LogP contribution in [0.25, 0.3) is 6.08 Å². The molecule has 1 fully saturated rings. The topological polar surface area (TPSA) is 109 Å². The Morgan fingerprint density at radius 1 is 0.941 bits per heavy atom. The Morgan fingerprint density at radius 3 is 2.26 bits per heavy atom. The number of amides is 3. The number of carbonyl (C=O) groups is 3. The highest BCUT2D eigenvalue weighted by atomic mass is 32.1. The van der Waals surface area contributed by atoms with Crippen molar-refractivity contribution in [1.82, 2.24) is 16.2 Å². The summed E-state index contributed by atoms with van der Waals surface area (Å²) in [5.41, 5.74) is 6.76. The quantitative estimate of drug-likeness (QED) is 0.286. The van der Waals surface area contributed by atoms with Crippen LogP contribution in [0.5, 0.6) is 5.75 Å². The van der Waals surface area contributed by atoms with E-state index in [1.807, 2.05) is 12.1 Å². The van der Waals surface area contributed by atoms with Crippen molar-refractivity contribution in [2.45, 2.75) is 32.1 Å². The lowest BCUT2D eigenvalue weighted by Gasteiger charge is -2.20. The maximum Gasteiger partial charge on any atom is 0.269 e. The van der Waals surface area contributed by atoms with Crippen molar-refractivity contribution in [2.75, 3.05) is 12.4 Å². The molecular formula is C25H28N4O4S. The fraction of sp³-hybridized carbons (Fsp3) is 0.280. The molecule has 0 unspecified atom stereocenters. The number of hydrogen-bond acceptors (Lipinski definition) is 5. The average molecular weight is 481 g/mol. The molecule has 1 aliphatic rings. The molecule has 3 amide bonds. The number of hydrazine groups is 1. The summed E-state index contributed by atoms with van der Waals surface area (Å²) >= 11 is 5.04. The molecule has 0 atom stereocenters. The van der Waals surface area contributed by atoms with Crippen molar-refractivity contribution in [3.05, 3.63) is 65.7 Å². The molecule has 0 bridgehead atoms. The molecule has 178 valence electrons. The predicted molar refractivity (Wildman–Crippen MR) is 135 cm³/mol. The van der Waals surface area contributed by atoms with E-state index in [1.54, 1.807) is 49.6 Å². The minimum absolute atomic E-state index is 0.0284. The molecule has 0 aromatic heterocycles. The molecule has 9 heteroatoms. The van der Waals surface area contributed by atoms with Gasteiger partial charge in [0.1, 0.15) is 5.75 Å². The Bertz CT molecular complexity index is 1050. The third-order valence-electron chi connectivity index (χ3n) is 5.46. The molecule has 0 spiro atoms. The Morgan fingerprint density at radius 2 is 1.62 bits per heavy atom. The molecule has 0 saturated heterocycles. The molecule has 2 aromatic carbocycles. The zero-order valence-corrected chi connectivity index (χ0v) is 19.7. The lowest BCUT2D eigenvalue weighted by Crippen LogP contribution is -2.48. The van der Waals surface area contributed by atoms with Gasteiger partial charge in [0.15, 0.2) is 5.11 Å². The first-order chi connectivity index (χ1) is 16.4. The van der Waals surface area contributed by atoms with Crippen LogP contribution in [0.1, 0.15) is 48.0 Å². The molecule has 3 rings (SSSR count). The van der Waals surface area contributed by atoms with Gasteiger partial charge in [0.2, 0.25) is 11.8 Å². The van der Waals surface area contributed by atoms with Gasteiger partial charge >= 0.3 is 0 Å². The van der Waals surface area contributed by atoms with E-state index in [4.69, 9.17) is 17.0 Å². The van der Waals surface area contributed by atoms with Gasteiger partial charge in [-0.05, 0) is 73.1 Å². The summed E-state index contributed by atoms with van der Waals surface area (Å²) in [6.45, 7) is 0. The highest BCUT2D eigenvalue weighted by Gasteiger charge is 2.21. The van der Waals surface area contributed by atoms with Crippen molar-refractivity contribution in [1.29, 1.82) is 0 Å². The van der Waals surface area contributed by atoms with Gasteiger partial charge in [-0.3, -0.25) is 30.6 Å². The van der Waals surface area contributed by atoms with Crippen molar-refractivity contribution >= 4 is 46.8 Å². The molecule has 8 nitrogen and oxygen atoms in total. The summed E-state index contributed by atoms with van der Waals surface area (Å²) in [6.07, 6.45) is 8.17. The van der Waals surface area contributed by atoms with E-state index in [9.17, 15) is 14.4 Å². The molecule has 34 heavy (non-hydrogen) atoms. The number of nitrogens with one attached hydrogen (secondary N) is 4. The maximum absolute atomic E-state index is 12.3. The third kappa shape index (κ3) is 7.70. The van der Waals surface area contributed by atoms with E-state index in [2.05, 4.69) is 21.5 Å². The first-order valence-electron chi connectivity index (χ1n) is 11.1. The number of anilines is 1. The van der Waals surface area contributed by atoms with E-state index < -0.39 is 11.8 Å². The van der Waals surface area contributed by atoms with Crippen molar-refractivity contribution in [2.24, 2.45) is 5.92 Å². The lowest BCUT2D eigenvalue weighted by molar-refractivity contribution is -0.120. The molecule has 1 aliphatic carbocycles. The minimum Gasteiger partial charge on any atom is -0.497 e. The zero-order valence-electron chi connectivity index (χ0n) is 18.9. The van der Waals surface area contributed by atoms with Crippen LogP contribution >= 0.6 is 12.2 Å². The third-order valence-corrected chi connectivity index (χ3v) is 5.66. The Balaban J connectivity index is 1.41. The number of ether oxygens (including phenoxy) is 1. The molecule has 0 radical (unpaired) electrons. The first-order valence-corrected chi connectivity index (χ1v) is 11.5. The highest BCUT2D eigenvalue weighted by Crippen LogP contribution is 2.25. The van der Waals surface area contributed by atoms with E-state index >= 15 is 0 Å². The van der Waals surface area contributed by atoms with Crippen LogP contribution in [0.4, 0.5) is 5.69 Å². The molecule has 1 saturated carbocycles. The zero-order chi connectivity index (χ0) is 24.3. The van der Waals surface area contributed by atoms with Gasteiger partial charge in [0.25, 0.3) is 5.91 Å². The number of carbonyl (C=O) groups excluding carboxylic acids is 3. The van der Waals surface area contributed by atoms with Gasteiger partial charge < -0.3 is 10.1 Å². The predicted octanol–water partition coefficient (Wildman–Crippen LogP) is 3.56. The lowest BCUT2D eigenvalue weighted by atomic mass is 9.88. The number of thiocarbonyl (C=S) groups is 1. The van der Waals surface area contributed by atoms with E-state index in [0.717, 1.165) is 37.0 Å². The average Bonchev–Trinajstić information content (AvgIpc) is 2.87. The Labute approximate surface area is 204 Å². The molecule has 0 heterocycles. The number of rotatable bonds is 6. The second-order valence-corrected chi connectivity index (χ2v) is 8.31. The Hall–Kier alpha value is -3.72. The van der Waals surface area contributed by atoms with Crippen LogP contribution in [0, 0.1) is 5.92 Å². The van der Waals surface area contributed by atoms with Gasteiger partial charge in [-0.2, -0.15) is 0 Å². The monoisotopic (exact) mass is 480 g/mol. The van der Waals surface area contributed by atoms with Crippen LogP contribution in [0.2, 0.25) is 0 Å². The van der Waals surface area contributed by atoms with Crippen molar-refractivity contribution in [3.8, 4) is 5.75 Å². The van der Waals surface area contributed by atoms with Gasteiger partial charge in [0.05, 0.1) is 7.11 Å². The number of methoxy groups -OCH3 is 1. The number of benzene rings is 2. The molecule has 2 aromatic rings. The van der Waals surface area contributed by atoms with E-state index in [1.165, 1.54) is 12.5 Å². The van der Waals surface area contributed by atoms with Gasteiger partial charge in [-0.15, -0.1) is 0 Å². The van der Waals surface area contributed by atoms with E-state index in [-0.39, 0.29) is 16.9 Å². The minimum atomic E-state index is -0.444. The van der Waals surface area contributed by atoms with Gasteiger partial charge in [-0.1, -0.05) is 31.4 Å². The van der Waals surface area contributed by atoms with Crippen LogP contribution in [-0.2, 0) is 9.59 Å². The summed E-state index contributed by atoms with van der Waals surface area (Å²) in [7, 11) is 1.58. The van der Waals surface area contributed by atoms with Crippen LogP contribution < -0.4 is 26.2 Å². The fourth-order valence-corrected chi connectivity index (χ4v) is 3.72. The highest BCUT2D eigenvalue weighted by molar-refractivity contribution is 7.80. The summed E-state index contributed by atoms with van der Waals surface area (Å²) in [5, 5.41) is 5.31. The normalized spacial score (nSPS) is 13.7. The largest absolute Gasteiger partial charge is 0.497 e. The number of hydrogen-bond donors (Lipinski definition) is 4. The molecule has 4 N–H and O–H groups in total. The second-order valence-electron chi connectivity index (χ2n) is 7.91. The first kappa shape index (κ1) is 24.9. The van der Waals surface area contributed by atoms with Crippen LogP contribution in [0.3, 0.4) is 0 Å². The van der Waals surface area contributed by atoms with Crippen molar-refractivity contribution in [3.63, 3.8) is 0 Å². The van der Waals surface area contributed by atoms with Gasteiger partial charge in [0, 0.05) is 23.2 Å². The van der Waals surface area contributed by atoms with Crippen LogP contribution in [-0.4, -0.2) is 29.9 Å². The fourth-order valence-electron chi connectivity index (χ4n) is 3.57. The Kier molecular flexibility index (Phi) is 9.16. The standard InChI is InChI=1S/C25H28N4O4S/c1-33-21-14-7-17(8-15-21)9-16-22(30)27-25(34)29-28-24(32)19-10-12-20(13-11-19)26-23(31)18-5-3-2-4-6-18/h7-16,18H,2-6H2,1H3,(H,26,31)(H,28,32)(H2,27,29,30,34)/b16-9+. The van der Waals surface area contributed by atoms with E-state index in [0.29, 0.717) is 11.3 Å². The summed E-state index contributed by atoms with van der Waals surface area (Å²) in [5.74, 6) is -0.0679. The smallest absolute Gasteiger partial charge is 0.269 e. The maximum atomic E-state index is 12.3. The summed E-state index contributed by atoms with van der Waals surface area (Å²) < 4.78 is 5.09. The summed E-state index contributed by atoms with van der Waals surface area (Å²) in [4.78, 5) is 36.7. The SMILES string of the molecule is COc1ccc(/C=C/C(=O)NC(=S)NNC(=O)c2ccc(NC(=O)C3CCCCC3)cc2)cc1. The summed E-state index contributed by atoms with van der Waals surface area (Å²) in [6, 6.07) is 13.8. The second kappa shape index (κ2) is 12.5.